The number of hydrogen-bond donors (Lipinski definition) is 0. The van der Waals surface area contributed by atoms with Gasteiger partial charge in [0.1, 0.15) is 11.6 Å². The maximum absolute atomic E-state index is 5.26. The number of nitrogens with zero attached hydrogens (tertiary/aromatic N) is 4. The van der Waals surface area contributed by atoms with Crippen LogP contribution in [-0.4, -0.2) is 26.4 Å². The Morgan fingerprint density at radius 2 is 2.35 bits per heavy atom. The van der Waals surface area contributed by atoms with Crippen molar-refractivity contribution >= 4 is 0 Å². The zero-order valence-electron chi connectivity index (χ0n) is 9.76. The molecule has 0 N–H and O–H groups in total. The van der Waals surface area contributed by atoms with Crippen molar-refractivity contribution in [2.45, 2.75) is 26.4 Å². The van der Waals surface area contributed by atoms with Crippen LogP contribution in [0.25, 0.3) is 0 Å². The van der Waals surface area contributed by atoms with Crippen molar-refractivity contribution in [3.63, 3.8) is 0 Å². The number of fused-ring (bicyclic) bond motifs is 1. The summed E-state index contributed by atoms with van der Waals surface area (Å²) in [6, 6.07) is 0. The zero-order valence-corrected chi connectivity index (χ0v) is 9.76. The Kier molecular flexibility index (Phi) is 2.60. The number of hydrogen-bond acceptors (Lipinski definition) is 5. The highest BCUT2D eigenvalue weighted by Crippen LogP contribution is 2.18. The quantitative estimate of drug-likeness (QED) is 0.779. The van der Waals surface area contributed by atoms with Gasteiger partial charge < -0.3 is 4.42 Å². The van der Waals surface area contributed by atoms with E-state index in [1.165, 1.54) is 17.7 Å². The van der Waals surface area contributed by atoms with E-state index in [1.54, 1.807) is 6.20 Å². The van der Waals surface area contributed by atoms with E-state index in [9.17, 15) is 0 Å². The lowest BCUT2D eigenvalue weighted by molar-refractivity contribution is 0.223. The van der Waals surface area contributed by atoms with Gasteiger partial charge in [-0.1, -0.05) is 0 Å². The van der Waals surface area contributed by atoms with Crippen LogP contribution in [0, 0.1) is 6.92 Å². The van der Waals surface area contributed by atoms with E-state index >= 15 is 0 Å². The van der Waals surface area contributed by atoms with Crippen molar-refractivity contribution in [1.29, 1.82) is 0 Å². The van der Waals surface area contributed by atoms with Gasteiger partial charge in [0.05, 0.1) is 12.7 Å². The summed E-state index contributed by atoms with van der Waals surface area (Å²) in [5.41, 5.74) is 2.41. The van der Waals surface area contributed by atoms with Gasteiger partial charge in [0, 0.05) is 37.0 Å². The van der Waals surface area contributed by atoms with Crippen LogP contribution in [0.5, 0.6) is 0 Å². The fourth-order valence-electron chi connectivity index (χ4n) is 2.15. The van der Waals surface area contributed by atoms with E-state index in [0.29, 0.717) is 0 Å². The lowest BCUT2D eigenvalue weighted by atomic mass is 10.1. The predicted octanol–water partition coefficient (Wildman–Crippen LogP) is 1.33. The maximum atomic E-state index is 5.26. The molecule has 3 rings (SSSR count). The lowest BCUT2D eigenvalue weighted by Gasteiger charge is -2.26. The fraction of sp³-hybridized carbons (Fsp3) is 0.417. The standard InChI is InChI=1S/C12H14N4O/c1-9-14-4-10-6-16(3-2-12(10)15-9)7-11-5-13-8-17-11/h4-5,8H,2-3,6-7H2,1H3. The molecule has 0 spiro atoms. The second kappa shape index (κ2) is 4.25. The average molecular weight is 230 g/mol. The normalized spacial score (nSPS) is 15.8. The molecule has 1 aliphatic heterocycles. The highest BCUT2D eigenvalue weighted by Gasteiger charge is 2.18. The highest BCUT2D eigenvalue weighted by atomic mass is 16.3. The van der Waals surface area contributed by atoms with Crippen LogP contribution in [0.15, 0.2) is 23.2 Å². The van der Waals surface area contributed by atoms with Crippen LogP contribution in [-0.2, 0) is 19.5 Å². The maximum Gasteiger partial charge on any atom is 0.180 e. The molecule has 0 atom stereocenters. The Hall–Kier alpha value is -1.75. The summed E-state index contributed by atoms with van der Waals surface area (Å²) < 4.78 is 5.26. The first-order valence-electron chi connectivity index (χ1n) is 5.72. The Labute approximate surface area is 99.5 Å². The van der Waals surface area contributed by atoms with Gasteiger partial charge in [0.2, 0.25) is 0 Å². The molecule has 1 aliphatic rings. The smallest absolute Gasteiger partial charge is 0.180 e. The van der Waals surface area contributed by atoms with Gasteiger partial charge in [-0.05, 0) is 6.92 Å². The summed E-state index contributed by atoms with van der Waals surface area (Å²) in [5.74, 6) is 1.76. The largest absolute Gasteiger partial charge is 0.447 e. The monoisotopic (exact) mass is 230 g/mol. The van der Waals surface area contributed by atoms with Crippen LogP contribution >= 0.6 is 0 Å². The molecule has 3 heterocycles. The fourth-order valence-corrected chi connectivity index (χ4v) is 2.15. The van der Waals surface area contributed by atoms with Gasteiger partial charge in [-0.2, -0.15) is 0 Å². The summed E-state index contributed by atoms with van der Waals surface area (Å²) in [5, 5.41) is 0. The molecule has 0 aliphatic carbocycles. The van der Waals surface area contributed by atoms with Crippen molar-refractivity contribution in [2.24, 2.45) is 0 Å². The van der Waals surface area contributed by atoms with Crippen LogP contribution in [0.1, 0.15) is 22.8 Å². The number of aryl methyl sites for hydroxylation is 1. The van der Waals surface area contributed by atoms with E-state index in [0.717, 1.165) is 37.6 Å². The lowest BCUT2D eigenvalue weighted by Crippen LogP contribution is -2.30. The molecule has 0 saturated heterocycles. The predicted molar refractivity (Wildman–Crippen MR) is 61.1 cm³/mol. The van der Waals surface area contributed by atoms with Crippen LogP contribution in [0.4, 0.5) is 0 Å². The van der Waals surface area contributed by atoms with Gasteiger partial charge >= 0.3 is 0 Å². The molecule has 2 aromatic rings. The minimum atomic E-state index is 0.799. The first-order valence-corrected chi connectivity index (χ1v) is 5.72. The molecular weight excluding hydrogens is 216 g/mol. The highest BCUT2D eigenvalue weighted by molar-refractivity contribution is 5.20. The average Bonchev–Trinajstić information content (AvgIpc) is 2.82. The third-order valence-electron chi connectivity index (χ3n) is 3.00. The van der Waals surface area contributed by atoms with E-state index in [-0.39, 0.29) is 0 Å². The SMILES string of the molecule is Cc1ncc2c(n1)CCN(Cc1cnco1)C2. The Bertz CT molecular complexity index is 509. The molecule has 5 heteroatoms. The van der Waals surface area contributed by atoms with E-state index in [2.05, 4.69) is 19.9 Å². The number of oxazole rings is 1. The third-order valence-corrected chi connectivity index (χ3v) is 3.00. The van der Waals surface area contributed by atoms with E-state index < -0.39 is 0 Å². The topological polar surface area (TPSA) is 55.1 Å². The van der Waals surface area contributed by atoms with Crippen molar-refractivity contribution in [1.82, 2.24) is 19.9 Å². The molecule has 17 heavy (non-hydrogen) atoms. The molecule has 88 valence electrons. The van der Waals surface area contributed by atoms with Crippen molar-refractivity contribution in [3.05, 3.63) is 41.6 Å². The molecule has 2 aromatic heterocycles. The Morgan fingerprint density at radius 1 is 1.41 bits per heavy atom. The van der Waals surface area contributed by atoms with Crippen molar-refractivity contribution in [3.8, 4) is 0 Å². The summed E-state index contributed by atoms with van der Waals surface area (Å²) in [6.07, 6.45) is 6.15. The minimum absolute atomic E-state index is 0.799. The molecule has 0 aromatic carbocycles. The number of rotatable bonds is 2. The molecule has 0 amide bonds. The summed E-state index contributed by atoms with van der Waals surface area (Å²) in [4.78, 5) is 15.0. The first kappa shape index (κ1) is 10.4. The summed E-state index contributed by atoms with van der Waals surface area (Å²) in [7, 11) is 0. The molecule has 0 fully saturated rings. The first-order chi connectivity index (χ1) is 8.31. The molecule has 0 bridgehead atoms. The molecule has 0 radical (unpaired) electrons. The van der Waals surface area contributed by atoms with E-state index in [4.69, 9.17) is 4.42 Å². The van der Waals surface area contributed by atoms with Gasteiger partial charge in [0.15, 0.2) is 6.39 Å². The van der Waals surface area contributed by atoms with Gasteiger partial charge in [-0.3, -0.25) is 4.90 Å². The minimum Gasteiger partial charge on any atom is -0.447 e. The van der Waals surface area contributed by atoms with Crippen LogP contribution in [0.3, 0.4) is 0 Å². The summed E-state index contributed by atoms with van der Waals surface area (Å²) in [6.45, 7) is 4.62. The molecular formula is C12H14N4O. The third kappa shape index (κ3) is 2.19. The van der Waals surface area contributed by atoms with Crippen LogP contribution in [0.2, 0.25) is 0 Å². The van der Waals surface area contributed by atoms with Crippen LogP contribution < -0.4 is 0 Å². The number of aromatic nitrogens is 3. The van der Waals surface area contributed by atoms with Crippen molar-refractivity contribution in [2.75, 3.05) is 6.54 Å². The summed E-state index contributed by atoms with van der Waals surface area (Å²) >= 11 is 0. The Morgan fingerprint density at radius 3 is 3.18 bits per heavy atom. The van der Waals surface area contributed by atoms with Gasteiger partial charge in [-0.15, -0.1) is 0 Å². The molecule has 5 nitrogen and oxygen atoms in total. The van der Waals surface area contributed by atoms with Gasteiger partial charge in [-0.25, -0.2) is 15.0 Å². The second-order valence-electron chi connectivity index (χ2n) is 4.32. The molecule has 0 saturated carbocycles. The Balaban J connectivity index is 1.74. The van der Waals surface area contributed by atoms with E-state index in [1.807, 2.05) is 13.1 Å². The van der Waals surface area contributed by atoms with Gasteiger partial charge in [0.25, 0.3) is 0 Å². The zero-order chi connectivity index (χ0) is 11.7. The molecule has 0 unspecified atom stereocenters. The van der Waals surface area contributed by atoms with Crippen molar-refractivity contribution < 1.29 is 4.42 Å². The second-order valence-corrected chi connectivity index (χ2v) is 4.32.